The summed E-state index contributed by atoms with van der Waals surface area (Å²) in [5.74, 6) is -1.51. The summed E-state index contributed by atoms with van der Waals surface area (Å²) < 4.78 is 0. The van der Waals surface area contributed by atoms with E-state index in [-0.39, 0.29) is 18.9 Å². The summed E-state index contributed by atoms with van der Waals surface area (Å²) in [6.45, 7) is 3.65. The number of aliphatic hydroxyl groups excluding tert-OH is 1. The summed E-state index contributed by atoms with van der Waals surface area (Å²) in [4.78, 5) is 35.4. The summed E-state index contributed by atoms with van der Waals surface area (Å²) in [5.41, 5.74) is 0. The number of nitrogens with zero attached hydrogens (tertiary/aromatic N) is 1. The molecule has 1 unspecified atom stereocenters. The molecule has 1 fully saturated rings. The van der Waals surface area contributed by atoms with Crippen LogP contribution in [0.1, 0.15) is 20.3 Å². The molecule has 0 aromatic carbocycles. The van der Waals surface area contributed by atoms with Crippen molar-refractivity contribution >= 4 is 17.9 Å². The highest BCUT2D eigenvalue weighted by Gasteiger charge is 2.39. The standard InChI is InChI=1S/C11H19N3O5/c1-3-12-9(16)6(2)13-11(19)14-5-7(15)4-8(14)10(17)18/h6-8,15H,3-5H2,1-2H3,(H,12,16)(H,13,19)(H,17,18)/t6?,7-,8-/m0/s1. The number of aliphatic hydroxyl groups is 1. The van der Waals surface area contributed by atoms with Crippen LogP contribution in [0, 0.1) is 0 Å². The number of β-amino-alcohol motifs (C(OH)–C–C–N with tert-alkyl or cyclic N) is 1. The van der Waals surface area contributed by atoms with Gasteiger partial charge in [-0.2, -0.15) is 0 Å². The first kappa shape index (κ1) is 15.2. The zero-order valence-corrected chi connectivity index (χ0v) is 10.9. The molecule has 0 bridgehead atoms. The van der Waals surface area contributed by atoms with Crippen molar-refractivity contribution < 1.29 is 24.6 Å². The van der Waals surface area contributed by atoms with Crippen molar-refractivity contribution in [2.45, 2.75) is 38.5 Å². The lowest BCUT2D eigenvalue weighted by molar-refractivity contribution is -0.141. The van der Waals surface area contributed by atoms with Crippen LogP contribution in [0.4, 0.5) is 4.79 Å². The van der Waals surface area contributed by atoms with Crippen LogP contribution >= 0.6 is 0 Å². The van der Waals surface area contributed by atoms with Gasteiger partial charge in [0.25, 0.3) is 0 Å². The number of amides is 3. The zero-order chi connectivity index (χ0) is 14.6. The Kier molecular flexibility index (Phi) is 5.11. The molecule has 3 amide bonds. The van der Waals surface area contributed by atoms with Crippen molar-refractivity contribution in [1.29, 1.82) is 0 Å². The number of urea groups is 1. The summed E-state index contributed by atoms with van der Waals surface area (Å²) in [7, 11) is 0. The third kappa shape index (κ3) is 3.82. The first-order chi connectivity index (χ1) is 8.86. The number of carboxylic acid groups (broad SMARTS) is 1. The smallest absolute Gasteiger partial charge is 0.326 e. The summed E-state index contributed by atoms with van der Waals surface area (Å²) in [5, 5.41) is 23.4. The van der Waals surface area contributed by atoms with Crippen molar-refractivity contribution in [1.82, 2.24) is 15.5 Å². The van der Waals surface area contributed by atoms with E-state index in [0.29, 0.717) is 6.54 Å². The van der Waals surface area contributed by atoms with Gasteiger partial charge in [-0.15, -0.1) is 0 Å². The Morgan fingerprint density at radius 1 is 1.42 bits per heavy atom. The van der Waals surface area contributed by atoms with Crippen LogP contribution in [0.2, 0.25) is 0 Å². The van der Waals surface area contributed by atoms with Crippen LogP contribution in [0.5, 0.6) is 0 Å². The molecule has 1 aliphatic rings. The molecule has 1 rings (SSSR count). The Morgan fingerprint density at radius 2 is 2.05 bits per heavy atom. The Hall–Kier alpha value is -1.83. The van der Waals surface area contributed by atoms with Crippen molar-refractivity contribution in [3.8, 4) is 0 Å². The predicted octanol–water partition coefficient (Wildman–Crippen LogP) is -1.26. The normalized spacial score (nSPS) is 23.8. The van der Waals surface area contributed by atoms with E-state index in [1.54, 1.807) is 6.92 Å². The van der Waals surface area contributed by atoms with Crippen LogP contribution in [-0.4, -0.2) is 64.3 Å². The molecule has 8 nitrogen and oxygen atoms in total. The van der Waals surface area contributed by atoms with Gasteiger partial charge in [-0.3, -0.25) is 4.79 Å². The molecule has 4 N–H and O–H groups in total. The summed E-state index contributed by atoms with van der Waals surface area (Å²) in [6, 6.07) is -2.49. The molecule has 0 aromatic heterocycles. The van der Waals surface area contributed by atoms with Crippen molar-refractivity contribution in [2.75, 3.05) is 13.1 Å². The third-order valence-corrected chi connectivity index (χ3v) is 2.91. The maximum Gasteiger partial charge on any atom is 0.326 e. The van der Waals surface area contributed by atoms with E-state index in [0.717, 1.165) is 4.90 Å². The Bertz CT molecular complexity index is 373. The van der Waals surface area contributed by atoms with Gasteiger partial charge in [-0.25, -0.2) is 9.59 Å². The number of carboxylic acids is 1. The molecule has 1 saturated heterocycles. The number of likely N-dealkylation sites (N-methyl/N-ethyl adjacent to an activating group) is 1. The minimum atomic E-state index is -1.17. The molecular formula is C11H19N3O5. The number of hydrogen-bond acceptors (Lipinski definition) is 4. The first-order valence-electron chi connectivity index (χ1n) is 6.12. The number of aliphatic carboxylic acids is 1. The molecule has 0 spiro atoms. The van der Waals surface area contributed by atoms with Crippen LogP contribution in [0.3, 0.4) is 0 Å². The fourth-order valence-corrected chi connectivity index (χ4v) is 1.93. The molecular weight excluding hydrogens is 254 g/mol. The van der Waals surface area contributed by atoms with Crippen molar-refractivity contribution in [3.05, 3.63) is 0 Å². The van der Waals surface area contributed by atoms with Gasteiger partial charge in [-0.05, 0) is 13.8 Å². The number of hydrogen-bond donors (Lipinski definition) is 4. The number of carbonyl (C=O) groups excluding carboxylic acids is 2. The van der Waals surface area contributed by atoms with Crippen LogP contribution in [0.15, 0.2) is 0 Å². The van der Waals surface area contributed by atoms with Crippen molar-refractivity contribution in [3.63, 3.8) is 0 Å². The quantitative estimate of drug-likeness (QED) is 0.510. The van der Waals surface area contributed by atoms with E-state index >= 15 is 0 Å². The number of rotatable bonds is 4. The van der Waals surface area contributed by atoms with E-state index in [4.69, 9.17) is 5.11 Å². The molecule has 1 aliphatic heterocycles. The maximum atomic E-state index is 11.9. The largest absolute Gasteiger partial charge is 0.480 e. The molecule has 0 radical (unpaired) electrons. The SMILES string of the molecule is CCNC(=O)C(C)NC(=O)N1C[C@@H](O)C[C@H]1C(=O)O. The van der Waals surface area contributed by atoms with E-state index in [9.17, 15) is 19.5 Å². The van der Waals surface area contributed by atoms with Crippen LogP contribution in [0.25, 0.3) is 0 Å². The average Bonchev–Trinajstić information content (AvgIpc) is 2.71. The van der Waals surface area contributed by atoms with Gasteiger partial charge in [0.05, 0.1) is 6.10 Å². The van der Waals surface area contributed by atoms with Gasteiger partial charge in [0.2, 0.25) is 5.91 Å². The molecule has 108 valence electrons. The highest BCUT2D eigenvalue weighted by atomic mass is 16.4. The van der Waals surface area contributed by atoms with Gasteiger partial charge in [-0.1, -0.05) is 0 Å². The lowest BCUT2D eigenvalue weighted by atomic mass is 10.2. The fraction of sp³-hybridized carbons (Fsp3) is 0.727. The second-order valence-corrected chi connectivity index (χ2v) is 4.46. The fourth-order valence-electron chi connectivity index (χ4n) is 1.93. The Balaban J connectivity index is 2.62. The Labute approximate surface area is 110 Å². The highest BCUT2D eigenvalue weighted by Crippen LogP contribution is 2.18. The second kappa shape index (κ2) is 6.37. The van der Waals surface area contributed by atoms with Gasteiger partial charge in [0, 0.05) is 19.5 Å². The lowest BCUT2D eigenvalue weighted by Crippen LogP contribution is -2.52. The van der Waals surface area contributed by atoms with Crippen LogP contribution in [-0.2, 0) is 9.59 Å². The first-order valence-corrected chi connectivity index (χ1v) is 6.12. The zero-order valence-electron chi connectivity index (χ0n) is 10.9. The lowest BCUT2D eigenvalue weighted by Gasteiger charge is -2.23. The number of nitrogens with one attached hydrogen (secondary N) is 2. The van der Waals surface area contributed by atoms with E-state index < -0.39 is 30.2 Å². The van der Waals surface area contributed by atoms with Gasteiger partial charge < -0.3 is 25.7 Å². The van der Waals surface area contributed by atoms with E-state index in [2.05, 4.69) is 10.6 Å². The summed E-state index contributed by atoms with van der Waals surface area (Å²) in [6.07, 6.45) is -0.857. The molecule has 8 heteroatoms. The third-order valence-electron chi connectivity index (χ3n) is 2.91. The number of carbonyl (C=O) groups is 3. The van der Waals surface area contributed by atoms with E-state index in [1.807, 2.05) is 0 Å². The molecule has 0 aliphatic carbocycles. The molecule has 0 saturated carbocycles. The highest BCUT2D eigenvalue weighted by molar-refractivity contribution is 5.88. The number of likely N-dealkylation sites (tertiary alicyclic amines) is 1. The second-order valence-electron chi connectivity index (χ2n) is 4.46. The summed E-state index contributed by atoms with van der Waals surface area (Å²) >= 11 is 0. The Morgan fingerprint density at radius 3 is 2.58 bits per heavy atom. The topological polar surface area (TPSA) is 119 Å². The van der Waals surface area contributed by atoms with Gasteiger partial charge in [0.1, 0.15) is 12.1 Å². The molecule has 0 aromatic rings. The van der Waals surface area contributed by atoms with Gasteiger partial charge >= 0.3 is 12.0 Å². The molecule has 19 heavy (non-hydrogen) atoms. The molecule has 1 heterocycles. The monoisotopic (exact) mass is 273 g/mol. The van der Waals surface area contributed by atoms with E-state index in [1.165, 1.54) is 6.92 Å². The maximum absolute atomic E-state index is 11.9. The average molecular weight is 273 g/mol. The van der Waals surface area contributed by atoms with Crippen LogP contribution < -0.4 is 10.6 Å². The molecule has 3 atom stereocenters. The minimum absolute atomic E-state index is 0.00170. The predicted molar refractivity (Wildman–Crippen MR) is 65.4 cm³/mol. The van der Waals surface area contributed by atoms with Gasteiger partial charge in [0.15, 0.2) is 0 Å². The minimum Gasteiger partial charge on any atom is -0.480 e. The van der Waals surface area contributed by atoms with Crippen molar-refractivity contribution in [2.24, 2.45) is 0 Å².